The third kappa shape index (κ3) is 2.14. The minimum atomic E-state index is -0.0457. The normalized spacial score (nSPS) is 25.6. The van der Waals surface area contributed by atoms with E-state index in [0.29, 0.717) is 5.82 Å². The molecule has 18 heavy (non-hydrogen) atoms. The maximum atomic E-state index is 12.1. The zero-order valence-electron chi connectivity index (χ0n) is 11.3. The summed E-state index contributed by atoms with van der Waals surface area (Å²) in [5.74, 6) is 0.441. The molecule has 2 rings (SSSR count). The second-order valence-corrected chi connectivity index (χ2v) is 5.63. The summed E-state index contributed by atoms with van der Waals surface area (Å²) in [6, 6.07) is 0.418. The molecule has 1 fully saturated rings. The summed E-state index contributed by atoms with van der Waals surface area (Å²) < 4.78 is 1.70. The molecule has 1 aromatic heterocycles. The van der Waals surface area contributed by atoms with E-state index in [9.17, 15) is 4.79 Å². The molecule has 1 aliphatic carbocycles. The van der Waals surface area contributed by atoms with Gasteiger partial charge in [-0.05, 0) is 12.8 Å². The van der Waals surface area contributed by atoms with Crippen molar-refractivity contribution in [2.75, 3.05) is 5.32 Å². The van der Waals surface area contributed by atoms with Crippen molar-refractivity contribution in [1.29, 1.82) is 0 Å². The molecular formula is C13H22N4O. The van der Waals surface area contributed by atoms with Crippen molar-refractivity contribution in [3.63, 3.8) is 0 Å². The molecule has 0 bridgehead atoms. The van der Waals surface area contributed by atoms with Crippen LogP contribution in [0.15, 0.2) is 17.2 Å². The molecule has 0 radical (unpaired) electrons. The van der Waals surface area contributed by atoms with Gasteiger partial charge in [-0.25, -0.2) is 4.98 Å². The average molecular weight is 250 g/mol. The average Bonchev–Trinajstić information content (AvgIpc) is 2.33. The van der Waals surface area contributed by atoms with Gasteiger partial charge in [-0.15, -0.1) is 0 Å². The van der Waals surface area contributed by atoms with Gasteiger partial charge in [-0.2, -0.15) is 0 Å². The topological polar surface area (TPSA) is 72.9 Å². The first-order chi connectivity index (χ1) is 8.46. The Hall–Kier alpha value is -1.36. The number of aromatic nitrogens is 2. The van der Waals surface area contributed by atoms with Crippen LogP contribution in [0.4, 0.5) is 5.82 Å². The van der Waals surface area contributed by atoms with Crippen LogP contribution >= 0.6 is 0 Å². The second-order valence-electron chi connectivity index (χ2n) is 5.63. The summed E-state index contributed by atoms with van der Waals surface area (Å²) >= 11 is 0. The largest absolute Gasteiger partial charge is 0.362 e. The van der Waals surface area contributed by atoms with Crippen molar-refractivity contribution in [3.05, 3.63) is 22.7 Å². The zero-order valence-corrected chi connectivity index (χ0v) is 11.3. The Balaban J connectivity index is 2.16. The lowest BCUT2D eigenvalue weighted by Crippen LogP contribution is -2.61. The Morgan fingerprint density at radius 2 is 2.33 bits per heavy atom. The molecule has 0 spiro atoms. The summed E-state index contributed by atoms with van der Waals surface area (Å²) in [5, 5.41) is 3.24. The Morgan fingerprint density at radius 3 is 2.89 bits per heavy atom. The lowest BCUT2D eigenvalue weighted by atomic mass is 9.63. The number of rotatable bonds is 4. The third-order valence-electron chi connectivity index (χ3n) is 4.03. The van der Waals surface area contributed by atoms with Gasteiger partial charge in [-0.3, -0.25) is 4.79 Å². The minimum Gasteiger partial charge on any atom is -0.362 e. The Labute approximate surface area is 107 Å². The van der Waals surface area contributed by atoms with Gasteiger partial charge in [0.05, 0.1) is 0 Å². The number of nitrogens with one attached hydrogen (secondary N) is 1. The van der Waals surface area contributed by atoms with Gasteiger partial charge in [0.1, 0.15) is 0 Å². The Morgan fingerprint density at radius 1 is 1.61 bits per heavy atom. The van der Waals surface area contributed by atoms with E-state index in [4.69, 9.17) is 5.73 Å². The van der Waals surface area contributed by atoms with Gasteiger partial charge < -0.3 is 15.6 Å². The molecule has 1 heterocycles. The van der Waals surface area contributed by atoms with E-state index in [1.54, 1.807) is 17.0 Å². The lowest BCUT2D eigenvalue weighted by molar-refractivity contribution is 0.117. The van der Waals surface area contributed by atoms with Crippen molar-refractivity contribution >= 4 is 5.82 Å². The van der Waals surface area contributed by atoms with Crippen molar-refractivity contribution in [2.45, 2.75) is 52.2 Å². The molecule has 1 aliphatic rings. The van der Waals surface area contributed by atoms with E-state index in [2.05, 4.69) is 24.1 Å². The lowest BCUT2D eigenvalue weighted by Gasteiger charge is -2.50. The quantitative estimate of drug-likeness (QED) is 0.842. The molecule has 1 saturated carbocycles. The van der Waals surface area contributed by atoms with Crippen LogP contribution in [0.1, 0.15) is 33.6 Å². The van der Waals surface area contributed by atoms with Crippen LogP contribution in [0, 0.1) is 5.41 Å². The molecule has 5 heteroatoms. The van der Waals surface area contributed by atoms with Crippen LogP contribution in [-0.4, -0.2) is 21.6 Å². The summed E-state index contributed by atoms with van der Waals surface area (Å²) in [4.78, 5) is 16.3. The molecule has 0 amide bonds. The highest BCUT2D eigenvalue weighted by atomic mass is 16.1. The van der Waals surface area contributed by atoms with E-state index in [1.807, 2.05) is 6.92 Å². The van der Waals surface area contributed by atoms with Gasteiger partial charge in [0.15, 0.2) is 5.82 Å². The van der Waals surface area contributed by atoms with E-state index in [-0.39, 0.29) is 23.1 Å². The van der Waals surface area contributed by atoms with Crippen molar-refractivity contribution in [1.82, 2.24) is 9.55 Å². The molecule has 5 nitrogen and oxygen atoms in total. The van der Waals surface area contributed by atoms with Crippen LogP contribution < -0.4 is 16.6 Å². The van der Waals surface area contributed by atoms with Crippen LogP contribution in [0.3, 0.4) is 0 Å². The predicted octanol–water partition coefficient (Wildman–Crippen LogP) is 1.19. The van der Waals surface area contributed by atoms with Crippen LogP contribution in [0.25, 0.3) is 0 Å². The molecule has 0 saturated heterocycles. The van der Waals surface area contributed by atoms with Gasteiger partial charge >= 0.3 is 0 Å². The standard InChI is InChI=1S/C13H22N4O/c1-4-6-17-7-5-15-11(12(17)18)16-10-8-9(14)13(10,2)3/h5,7,9-10H,4,6,8,14H2,1-3H3,(H,15,16). The molecule has 2 atom stereocenters. The predicted molar refractivity (Wildman–Crippen MR) is 72.6 cm³/mol. The molecule has 0 aromatic carbocycles. The SMILES string of the molecule is CCCn1ccnc(NC2CC(N)C2(C)C)c1=O. The first-order valence-corrected chi connectivity index (χ1v) is 6.54. The first kappa shape index (κ1) is 13.1. The zero-order chi connectivity index (χ0) is 13.3. The highest BCUT2D eigenvalue weighted by Gasteiger charge is 2.46. The number of aryl methyl sites for hydroxylation is 1. The molecule has 100 valence electrons. The van der Waals surface area contributed by atoms with Crippen LogP contribution in [-0.2, 0) is 6.54 Å². The van der Waals surface area contributed by atoms with Crippen LogP contribution in [0.2, 0.25) is 0 Å². The van der Waals surface area contributed by atoms with Gasteiger partial charge in [0.25, 0.3) is 5.56 Å². The number of hydrogen-bond donors (Lipinski definition) is 2. The molecular weight excluding hydrogens is 228 g/mol. The fourth-order valence-electron chi connectivity index (χ4n) is 2.33. The number of nitrogens with two attached hydrogens (primary N) is 1. The first-order valence-electron chi connectivity index (χ1n) is 6.54. The smallest absolute Gasteiger partial charge is 0.293 e. The van der Waals surface area contributed by atoms with Gasteiger partial charge in [-0.1, -0.05) is 20.8 Å². The maximum Gasteiger partial charge on any atom is 0.293 e. The highest BCUT2D eigenvalue weighted by molar-refractivity contribution is 5.35. The molecule has 2 unspecified atom stereocenters. The van der Waals surface area contributed by atoms with Gasteiger partial charge in [0.2, 0.25) is 0 Å². The maximum absolute atomic E-state index is 12.1. The molecule has 0 aliphatic heterocycles. The summed E-state index contributed by atoms with van der Waals surface area (Å²) in [6.07, 6.45) is 5.22. The summed E-state index contributed by atoms with van der Waals surface area (Å²) in [6.45, 7) is 7.01. The third-order valence-corrected chi connectivity index (χ3v) is 4.03. The highest BCUT2D eigenvalue weighted by Crippen LogP contribution is 2.40. The van der Waals surface area contributed by atoms with Gasteiger partial charge in [0, 0.05) is 36.4 Å². The van der Waals surface area contributed by atoms with E-state index in [1.165, 1.54) is 0 Å². The molecule has 1 aromatic rings. The minimum absolute atomic E-state index is 0.0134. The molecule has 3 N–H and O–H groups in total. The van der Waals surface area contributed by atoms with Crippen molar-refractivity contribution in [3.8, 4) is 0 Å². The summed E-state index contributed by atoms with van der Waals surface area (Å²) in [5.41, 5.74) is 5.94. The van der Waals surface area contributed by atoms with Crippen molar-refractivity contribution < 1.29 is 0 Å². The van der Waals surface area contributed by atoms with Crippen molar-refractivity contribution in [2.24, 2.45) is 11.1 Å². The van der Waals surface area contributed by atoms with E-state index in [0.717, 1.165) is 19.4 Å². The van der Waals surface area contributed by atoms with Crippen LogP contribution in [0.5, 0.6) is 0 Å². The number of hydrogen-bond acceptors (Lipinski definition) is 4. The fourth-order valence-corrected chi connectivity index (χ4v) is 2.33. The van der Waals surface area contributed by atoms with E-state index < -0.39 is 0 Å². The fraction of sp³-hybridized carbons (Fsp3) is 0.692. The Kier molecular flexibility index (Phi) is 3.43. The summed E-state index contributed by atoms with van der Waals surface area (Å²) in [7, 11) is 0. The van der Waals surface area contributed by atoms with E-state index >= 15 is 0 Å². The Bertz CT molecular complexity index is 480. The number of anilines is 1. The number of nitrogens with zero attached hydrogens (tertiary/aromatic N) is 2. The monoisotopic (exact) mass is 250 g/mol. The second kappa shape index (κ2) is 4.72.